The second-order valence-corrected chi connectivity index (χ2v) is 6.56. The van der Waals surface area contributed by atoms with Gasteiger partial charge in [-0.3, -0.25) is 0 Å². The summed E-state index contributed by atoms with van der Waals surface area (Å²) in [5.74, 6) is 0. The van der Waals surface area contributed by atoms with Crippen LogP contribution in [-0.2, 0) is 6.42 Å². The van der Waals surface area contributed by atoms with Gasteiger partial charge in [-0.05, 0) is 48.6 Å². The van der Waals surface area contributed by atoms with Crippen LogP contribution in [0.3, 0.4) is 0 Å². The fourth-order valence-corrected chi connectivity index (χ4v) is 4.02. The molecule has 3 nitrogen and oxygen atoms in total. The van der Waals surface area contributed by atoms with Crippen molar-refractivity contribution in [3.63, 3.8) is 0 Å². The van der Waals surface area contributed by atoms with Gasteiger partial charge in [0.05, 0.1) is 16.3 Å². The number of nitrogens with one attached hydrogen (secondary N) is 1. The summed E-state index contributed by atoms with van der Waals surface area (Å²) in [6.45, 7) is 0. The van der Waals surface area contributed by atoms with Crippen LogP contribution in [0, 0.1) is 0 Å². The van der Waals surface area contributed by atoms with E-state index in [9.17, 15) is 0 Å². The molecule has 0 saturated heterocycles. The number of nitrogen functional groups attached to an aromatic ring is 1. The summed E-state index contributed by atoms with van der Waals surface area (Å²) in [4.78, 5) is 4.67. The molecule has 3 aromatic rings. The SMILES string of the molecule is Nc1ccc2nc(NC3CCCc4ccccc43)sc2c1. The highest BCUT2D eigenvalue weighted by Crippen LogP contribution is 2.35. The minimum absolute atomic E-state index is 0.368. The molecule has 0 fully saturated rings. The molecule has 0 bridgehead atoms. The van der Waals surface area contributed by atoms with Crippen molar-refractivity contribution in [1.82, 2.24) is 4.98 Å². The van der Waals surface area contributed by atoms with Crippen LogP contribution < -0.4 is 11.1 Å². The van der Waals surface area contributed by atoms with Crippen molar-refractivity contribution in [1.29, 1.82) is 0 Å². The number of aryl methyl sites for hydroxylation is 1. The average Bonchev–Trinajstić information content (AvgIpc) is 2.89. The first-order chi connectivity index (χ1) is 10.3. The topological polar surface area (TPSA) is 50.9 Å². The lowest BCUT2D eigenvalue weighted by atomic mass is 9.88. The number of hydrogen-bond donors (Lipinski definition) is 2. The molecular formula is C17H17N3S. The summed E-state index contributed by atoms with van der Waals surface area (Å²) >= 11 is 1.68. The highest BCUT2D eigenvalue weighted by Gasteiger charge is 2.20. The zero-order valence-electron chi connectivity index (χ0n) is 11.7. The van der Waals surface area contributed by atoms with E-state index in [1.165, 1.54) is 24.0 Å². The van der Waals surface area contributed by atoms with Crippen molar-refractivity contribution in [2.45, 2.75) is 25.3 Å². The van der Waals surface area contributed by atoms with E-state index < -0.39 is 0 Å². The number of nitrogens with two attached hydrogens (primary N) is 1. The van der Waals surface area contributed by atoms with Gasteiger partial charge in [0, 0.05) is 5.69 Å². The summed E-state index contributed by atoms with van der Waals surface area (Å²) in [5.41, 5.74) is 10.5. The minimum Gasteiger partial charge on any atom is -0.399 e. The highest BCUT2D eigenvalue weighted by atomic mass is 32.1. The van der Waals surface area contributed by atoms with E-state index >= 15 is 0 Å². The number of nitrogens with zero attached hydrogens (tertiary/aromatic N) is 1. The second kappa shape index (κ2) is 5.04. The quantitative estimate of drug-likeness (QED) is 0.690. The fourth-order valence-electron chi connectivity index (χ4n) is 3.06. The number of anilines is 2. The van der Waals surface area contributed by atoms with Crippen molar-refractivity contribution in [3.05, 3.63) is 53.6 Å². The molecule has 2 aromatic carbocycles. The van der Waals surface area contributed by atoms with Crippen LogP contribution in [0.1, 0.15) is 30.0 Å². The van der Waals surface area contributed by atoms with E-state index in [2.05, 4.69) is 34.6 Å². The minimum atomic E-state index is 0.368. The molecule has 1 aromatic heterocycles. The number of rotatable bonds is 2. The Labute approximate surface area is 127 Å². The first-order valence-electron chi connectivity index (χ1n) is 7.30. The van der Waals surface area contributed by atoms with E-state index in [0.29, 0.717) is 6.04 Å². The molecule has 1 aliphatic carbocycles. The lowest BCUT2D eigenvalue weighted by molar-refractivity contribution is 0.600. The van der Waals surface area contributed by atoms with Crippen LogP contribution in [0.15, 0.2) is 42.5 Å². The molecule has 1 unspecified atom stereocenters. The van der Waals surface area contributed by atoms with Gasteiger partial charge in [0.25, 0.3) is 0 Å². The summed E-state index contributed by atoms with van der Waals surface area (Å²) in [6, 6.07) is 15.0. The van der Waals surface area contributed by atoms with Crippen LogP contribution in [-0.4, -0.2) is 4.98 Å². The van der Waals surface area contributed by atoms with Gasteiger partial charge in [0.2, 0.25) is 0 Å². The third kappa shape index (κ3) is 2.36. The Bertz CT molecular complexity index is 794. The standard InChI is InChI=1S/C17H17N3S/c18-12-8-9-15-16(10-12)21-17(20-15)19-14-7-3-5-11-4-1-2-6-13(11)14/h1-2,4,6,8-10,14H,3,5,7,18H2,(H,19,20). The highest BCUT2D eigenvalue weighted by molar-refractivity contribution is 7.22. The number of fused-ring (bicyclic) bond motifs is 2. The molecule has 3 N–H and O–H groups in total. The van der Waals surface area contributed by atoms with Crippen LogP contribution in [0.4, 0.5) is 10.8 Å². The summed E-state index contributed by atoms with van der Waals surface area (Å²) in [7, 11) is 0. The Balaban J connectivity index is 1.66. The summed E-state index contributed by atoms with van der Waals surface area (Å²) in [5, 5.41) is 4.60. The molecule has 0 amide bonds. The van der Waals surface area contributed by atoms with Crippen molar-refractivity contribution >= 4 is 32.4 Å². The molecule has 106 valence electrons. The Morgan fingerprint density at radius 1 is 1.19 bits per heavy atom. The first-order valence-corrected chi connectivity index (χ1v) is 8.12. The maximum Gasteiger partial charge on any atom is 0.184 e. The van der Waals surface area contributed by atoms with Gasteiger partial charge in [-0.2, -0.15) is 0 Å². The molecule has 0 spiro atoms. The monoisotopic (exact) mass is 295 g/mol. The van der Waals surface area contributed by atoms with E-state index in [-0.39, 0.29) is 0 Å². The fraction of sp³-hybridized carbons (Fsp3) is 0.235. The van der Waals surface area contributed by atoms with Gasteiger partial charge < -0.3 is 11.1 Å². The average molecular weight is 295 g/mol. The van der Waals surface area contributed by atoms with Crippen LogP contribution in [0.2, 0.25) is 0 Å². The predicted molar refractivity (Wildman–Crippen MR) is 89.8 cm³/mol. The molecule has 4 heteroatoms. The van der Waals surface area contributed by atoms with Crippen LogP contribution >= 0.6 is 11.3 Å². The van der Waals surface area contributed by atoms with Gasteiger partial charge in [-0.25, -0.2) is 4.98 Å². The second-order valence-electron chi connectivity index (χ2n) is 5.53. The molecular weight excluding hydrogens is 278 g/mol. The number of benzene rings is 2. The van der Waals surface area contributed by atoms with Crippen molar-refractivity contribution < 1.29 is 0 Å². The van der Waals surface area contributed by atoms with Gasteiger partial charge in [0.1, 0.15) is 0 Å². The molecule has 0 saturated carbocycles. The van der Waals surface area contributed by atoms with Gasteiger partial charge >= 0.3 is 0 Å². The lowest BCUT2D eigenvalue weighted by Gasteiger charge is -2.26. The predicted octanol–water partition coefficient (Wildman–Crippen LogP) is 4.37. The molecule has 1 atom stereocenters. The smallest absolute Gasteiger partial charge is 0.184 e. The van der Waals surface area contributed by atoms with E-state index in [1.807, 2.05) is 18.2 Å². The largest absolute Gasteiger partial charge is 0.399 e. The number of hydrogen-bond acceptors (Lipinski definition) is 4. The lowest BCUT2D eigenvalue weighted by Crippen LogP contribution is -2.17. The van der Waals surface area contributed by atoms with Crippen molar-refractivity contribution in [2.75, 3.05) is 11.1 Å². The summed E-state index contributed by atoms with van der Waals surface area (Å²) in [6.07, 6.45) is 3.58. The van der Waals surface area contributed by atoms with Gasteiger partial charge in [-0.15, -0.1) is 0 Å². The maximum absolute atomic E-state index is 5.84. The normalized spacial score (nSPS) is 17.6. The zero-order chi connectivity index (χ0) is 14.2. The first kappa shape index (κ1) is 12.7. The van der Waals surface area contributed by atoms with Crippen molar-refractivity contribution in [3.8, 4) is 0 Å². The molecule has 0 aliphatic heterocycles. The molecule has 1 heterocycles. The number of thiazole rings is 1. The Hall–Kier alpha value is -2.07. The molecule has 0 radical (unpaired) electrons. The summed E-state index contributed by atoms with van der Waals surface area (Å²) < 4.78 is 1.14. The third-order valence-corrected chi connectivity index (χ3v) is 5.03. The third-order valence-electron chi connectivity index (χ3n) is 4.08. The zero-order valence-corrected chi connectivity index (χ0v) is 12.5. The van der Waals surface area contributed by atoms with E-state index in [0.717, 1.165) is 27.5 Å². The van der Waals surface area contributed by atoms with Crippen LogP contribution in [0.5, 0.6) is 0 Å². The Kier molecular flexibility index (Phi) is 3.04. The van der Waals surface area contributed by atoms with Crippen molar-refractivity contribution in [2.24, 2.45) is 0 Å². The van der Waals surface area contributed by atoms with E-state index in [4.69, 9.17) is 5.73 Å². The number of aromatic nitrogens is 1. The van der Waals surface area contributed by atoms with Gasteiger partial charge in [-0.1, -0.05) is 35.6 Å². The molecule has 4 rings (SSSR count). The van der Waals surface area contributed by atoms with Gasteiger partial charge in [0.15, 0.2) is 5.13 Å². The maximum atomic E-state index is 5.84. The molecule has 1 aliphatic rings. The Morgan fingerprint density at radius 3 is 3.05 bits per heavy atom. The Morgan fingerprint density at radius 2 is 2.10 bits per heavy atom. The molecule has 21 heavy (non-hydrogen) atoms. The van der Waals surface area contributed by atoms with E-state index in [1.54, 1.807) is 11.3 Å². The van der Waals surface area contributed by atoms with Crippen LogP contribution in [0.25, 0.3) is 10.2 Å².